The first-order chi connectivity index (χ1) is 15.9. The number of nitrogens with zero attached hydrogens (tertiary/aromatic N) is 5. The van der Waals surface area contributed by atoms with Gasteiger partial charge in [0, 0.05) is 11.7 Å². The maximum absolute atomic E-state index is 14.0. The van der Waals surface area contributed by atoms with Crippen LogP contribution in [0.4, 0.5) is 10.1 Å². The Bertz CT molecular complexity index is 1120. The van der Waals surface area contributed by atoms with E-state index < -0.39 is 17.8 Å². The highest BCUT2D eigenvalue weighted by molar-refractivity contribution is 6.00. The quantitative estimate of drug-likeness (QED) is 0.560. The molecule has 1 aromatic carbocycles. The lowest BCUT2D eigenvalue weighted by atomic mass is 10.1. The smallest absolute Gasteiger partial charge is 0.251 e. The number of aromatic nitrogens is 4. The lowest BCUT2D eigenvalue weighted by molar-refractivity contribution is -0.127. The number of tetrazole rings is 1. The summed E-state index contributed by atoms with van der Waals surface area (Å²) in [5.74, 6) is 0.197. The van der Waals surface area contributed by atoms with E-state index in [1.807, 2.05) is 6.92 Å². The molecule has 0 saturated heterocycles. The van der Waals surface area contributed by atoms with Crippen LogP contribution in [-0.2, 0) is 16.1 Å². The number of anilines is 1. The molecule has 0 bridgehead atoms. The molecule has 0 unspecified atom stereocenters. The Balaban J connectivity index is 1.58. The molecule has 4 rings (SSSR count). The molecule has 2 heterocycles. The van der Waals surface area contributed by atoms with E-state index in [1.54, 1.807) is 25.1 Å². The van der Waals surface area contributed by atoms with Crippen molar-refractivity contribution in [3.8, 4) is 11.6 Å². The topological polar surface area (TPSA) is 106 Å². The van der Waals surface area contributed by atoms with Gasteiger partial charge in [-0.3, -0.25) is 14.5 Å². The summed E-state index contributed by atoms with van der Waals surface area (Å²) in [5.41, 5.74) is 0.301. The molecule has 2 aromatic heterocycles. The number of carbonyl (C=O) groups excluding carboxylic acids is 2. The number of hydrogen-bond acceptors (Lipinski definition) is 6. The van der Waals surface area contributed by atoms with Crippen LogP contribution in [0.15, 0.2) is 40.8 Å². The lowest BCUT2D eigenvalue weighted by Gasteiger charge is -2.31. The van der Waals surface area contributed by atoms with Crippen molar-refractivity contribution in [1.82, 2.24) is 25.5 Å². The van der Waals surface area contributed by atoms with Crippen LogP contribution in [0.25, 0.3) is 11.6 Å². The van der Waals surface area contributed by atoms with Gasteiger partial charge in [0.2, 0.25) is 11.7 Å². The maximum atomic E-state index is 14.0. The van der Waals surface area contributed by atoms with E-state index in [2.05, 4.69) is 20.7 Å². The first kappa shape index (κ1) is 22.6. The summed E-state index contributed by atoms with van der Waals surface area (Å²) in [6.45, 7) is 3.36. The van der Waals surface area contributed by atoms with Crippen molar-refractivity contribution < 1.29 is 18.4 Å². The molecule has 1 fully saturated rings. The normalized spacial score (nSPS) is 14.9. The largest absolute Gasteiger partial charge is 0.458 e. The Hall–Kier alpha value is -3.56. The Morgan fingerprint density at radius 3 is 2.73 bits per heavy atom. The van der Waals surface area contributed by atoms with Gasteiger partial charge in [-0.25, -0.2) is 4.39 Å². The molecule has 0 aliphatic heterocycles. The van der Waals surface area contributed by atoms with Crippen LogP contribution < -0.4 is 10.2 Å². The van der Waals surface area contributed by atoms with Crippen LogP contribution in [0, 0.1) is 12.7 Å². The van der Waals surface area contributed by atoms with Crippen molar-refractivity contribution >= 4 is 17.5 Å². The average Bonchev–Trinajstić information content (AvgIpc) is 3.54. The second-order valence-electron chi connectivity index (χ2n) is 8.21. The van der Waals surface area contributed by atoms with E-state index in [-0.39, 0.29) is 24.3 Å². The van der Waals surface area contributed by atoms with Gasteiger partial charge in [-0.15, -0.1) is 10.2 Å². The summed E-state index contributed by atoms with van der Waals surface area (Å²) in [7, 11) is 0. The highest BCUT2D eigenvalue weighted by atomic mass is 19.1. The Morgan fingerprint density at radius 1 is 1.27 bits per heavy atom. The highest BCUT2D eigenvalue weighted by Crippen LogP contribution is 2.23. The van der Waals surface area contributed by atoms with Crippen LogP contribution >= 0.6 is 0 Å². The van der Waals surface area contributed by atoms with Gasteiger partial charge in [-0.05, 0) is 61.7 Å². The SMILES string of the molecule is CC[C@H](C(=O)NC1CCCC1)N(C(=O)Cn1nnc(-c2ccc(C)o2)n1)c1cccc(F)c1. The number of carbonyl (C=O) groups is 2. The molecular formula is C23H27FN6O3. The minimum absolute atomic E-state index is 0.104. The summed E-state index contributed by atoms with van der Waals surface area (Å²) in [5, 5.41) is 15.2. The second-order valence-corrected chi connectivity index (χ2v) is 8.21. The zero-order valence-corrected chi connectivity index (χ0v) is 18.7. The van der Waals surface area contributed by atoms with Gasteiger partial charge in [-0.2, -0.15) is 4.80 Å². The molecule has 1 N–H and O–H groups in total. The van der Waals surface area contributed by atoms with Crippen molar-refractivity contribution in [3.05, 3.63) is 48.0 Å². The van der Waals surface area contributed by atoms with E-state index in [4.69, 9.17) is 4.42 Å². The van der Waals surface area contributed by atoms with E-state index >= 15 is 0 Å². The summed E-state index contributed by atoms with van der Waals surface area (Å²) in [6.07, 6.45) is 4.36. The Kier molecular flexibility index (Phi) is 6.81. The number of nitrogens with one attached hydrogen (secondary N) is 1. The van der Waals surface area contributed by atoms with Gasteiger partial charge >= 0.3 is 0 Å². The average molecular weight is 455 g/mol. The third-order valence-electron chi connectivity index (χ3n) is 5.75. The van der Waals surface area contributed by atoms with Crippen LogP contribution in [-0.4, -0.2) is 44.1 Å². The molecule has 0 spiro atoms. The fourth-order valence-electron chi connectivity index (χ4n) is 4.14. The van der Waals surface area contributed by atoms with E-state index in [1.165, 1.54) is 23.1 Å². The molecule has 1 atom stereocenters. The number of amides is 2. The van der Waals surface area contributed by atoms with Crippen molar-refractivity contribution in [1.29, 1.82) is 0 Å². The molecule has 2 amide bonds. The van der Waals surface area contributed by atoms with Gasteiger partial charge < -0.3 is 9.73 Å². The maximum Gasteiger partial charge on any atom is 0.251 e. The third kappa shape index (κ3) is 5.27. The van der Waals surface area contributed by atoms with Crippen LogP contribution in [0.3, 0.4) is 0 Å². The minimum atomic E-state index is -0.796. The number of furan rings is 1. The number of rotatable bonds is 8. The fraction of sp³-hybridized carbons (Fsp3) is 0.435. The van der Waals surface area contributed by atoms with Gasteiger partial charge in [-0.1, -0.05) is 25.8 Å². The molecule has 3 aromatic rings. The monoisotopic (exact) mass is 454 g/mol. The standard InChI is InChI=1S/C23H27FN6O3/c1-3-19(23(32)25-17-8-4-5-9-17)30(18-10-6-7-16(24)13-18)21(31)14-29-27-22(26-28-29)20-12-11-15(2)33-20/h6-7,10-13,17,19H,3-5,8-9,14H2,1-2H3,(H,25,32)/t19-/m1/s1. The summed E-state index contributed by atoms with van der Waals surface area (Å²) in [4.78, 5) is 29.0. The number of hydrogen-bond donors (Lipinski definition) is 1. The predicted molar refractivity (Wildman–Crippen MR) is 119 cm³/mol. The van der Waals surface area contributed by atoms with Crippen molar-refractivity contribution in [3.63, 3.8) is 0 Å². The van der Waals surface area contributed by atoms with Gasteiger partial charge in [0.15, 0.2) is 5.76 Å². The zero-order chi connectivity index (χ0) is 23.4. The molecule has 9 nitrogen and oxygen atoms in total. The van der Waals surface area contributed by atoms with Crippen LogP contribution in [0.1, 0.15) is 44.8 Å². The summed E-state index contributed by atoms with van der Waals surface area (Å²) in [6, 6.07) is 8.47. The third-order valence-corrected chi connectivity index (χ3v) is 5.75. The highest BCUT2D eigenvalue weighted by Gasteiger charge is 2.32. The number of halogens is 1. The zero-order valence-electron chi connectivity index (χ0n) is 18.7. The molecule has 1 saturated carbocycles. The minimum Gasteiger partial charge on any atom is -0.458 e. The van der Waals surface area contributed by atoms with Crippen LogP contribution in [0.5, 0.6) is 0 Å². The number of aryl methyl sites for hydroxylation is 1. The van der Waals surface area contributed by atoms with E-state index in [9.17, 15) is 14.0 Å². The molecule has 0 radical (unpaired) electrons. The van der Waals surface area contributed by atoms with Gasteiger partial charge in [0.1, 0.15) is 24.2 Å². The lowest BCUT2D eigenvalue weighted by Crippen LogP contribution is -2.52. The van der Waals surface area contributed by atoms with Gasteiger partial charge in [0.05, 0.1) is 0 Å². The van der Waals surface area contributed by atoms with Crippen LogP contribution in [0.2, 0.25) is 0 Å². The summed E-state index contributed by atoms with van der Waals surface area (Å²) < 4.78 is 19.5. The first-order valence-corrected chi connectivity index (χ1v) is 11.2. The van der Waals surface area contributed by atoms with E-state index in [0.717, 1.165) is 30.5 Å². The molecule has 1 aliphatic carbocycles. The van der Waals surface area contributed by atoms with E-state index in [0.29, 0.717) is 23.6 Å². The molecule has 1 aliphatic rings. The van der Waals surface area contributed by atoms with Crippen molar-refractivity contribution in [2.75, 3.05) is 4.90 Å². The summed E-state index contributed by atoms with van der Waals surface area (Å²) >= 11 is 0. The fourth-order valence-corrected chi connectivity index (χ4v) is 4.14. The van der Waals surface area contributed by atoms with Gasteiger partial charge in [0.25, 0.3) is 5.91 Å². The first-order valence-electron chi connectivity index (χ1n) is 11.2. The molecule has 174 valence electrons. The molecule has 33 heavy (non-hydrogen) atoms. The Labute approximate surface area is 190 Å². The second kappa shape index (κ2) is 9.93. The van der Waals surface area contributed by atoms with Crippen molar-refractivity contribution in [2.24, 2.45) is 0 Å². The molecular weight excluding hydrogens is 427 g/mol. The molecule has 10 heteroatoms. The Morgan fingerprint density at radius 2 is 2.06 bits per heavy atom. The predicted octanol–water partition coefficient (Wildman–Crippen LogP) is 3.25. The van der Waals surface area contributed by atoms with Crippen molar-refractivity contribution in [2.45, 2.75) is 64.6 Å². The number of benzene rings is 1.